The second-order valence-corrected chi connectivity index (χ2v) is 13.8. The lowest BCUT2D eigenvalue weighted by Crippen LogP contribution is -2.58. The van der Waals surface area contributed by atoms with Crippen molar-refractivity contribution in [3.8, 4) is 0 Å². The highest BCUT2D eigenvalue weighted by Crippen LogP contribution is 2.41. The van der Waals surface area contributed by atoms with Crippen LogP contribution in [0, 0.1) is 5.41 Å². The van der Waals surface area contributed by atoms with Gasteiger partial charge in [-0.05, 0) is 86.4 Å². The number of hydrogen-bond acceptors (Lipinski definition) is 11. The molecule has 8 N–H and O–H groups in total. The van der Waals surface area contributed by atoms with E-state index in [1.54, 1.807) is 36.4 Å². The van der Waals surface area contributed by atoms with Crippen molar-refractivity contribution < 1.29 is 57.7 Å². The minimum atomic E-state index is -1.36. The summed E-state index contributed by atoms with van der Waals surface area (Å²) in [5.41, 5.74) is 5.85. The van der Waals surface area contributed by atoms with Crippen LogP contribution in [0.3, 0.4) is 0 Å². The number of amides is 8. The lowest BCUT2D eigenvalue weighted by Gasteiger charge is -2.39. The number of unbranched alkanes of at least 4 members (excludes halogenated alkanes) is 2. The Morgan fingerprint density at radius 1 is 0.867 bits per heavy atom. The summed E-state index contributed by atoms with van der Waals surface area (Å²) in [5.74, 6) is -3.49. The van der Waals surface area contributed by atoms with Gasteiger partial charge in [-0.15, -0.1) is 0 Å². The van der Waals surface area contributed by atoms with E-state index >= 15 is 0 Å². The molecule has 1 fully saturated rings. The topological polar surface area (TPSA) is 282 Å². The second-order valence-electron chi connectivity index (χ2n) is 13.8. The fraction of sp³-hybridized carbons (Fsp3) is 0.341. The summed E-state index contributed by atoms with van der Waals surface area (Å²) in [4.78, 5) is 111. The van der Waals surface area contributed by atoms with Crippen LogP contribution in [0.1, 0.15) is 68.1 Å². The van der Waals surface area contributed by atoms with Gasteiger partial charge in [0.05, 0.1) is 11.9 Å². The second kappa shape index (κ2) is 22.6. The van der Waals surface area contributed by atoms with Crippen LogP contribution in [0.15, 0.2) is 67.0 Å². The largest absolute Gasteiger partial charge is 0.478 e. The fourth-order valence-electron chi connectivity index (χ4n) is 6.22. The number of ether oxygens (including phenoxy) is 2. The van der Waals surface area contributed by atoms with E-state index in [1.165, 1.54) is 30.4 Å². The normalized spacial score (nSPS) is 14.6. The molecule has 2 aliphatic rings. The van der Waals surface area contributed by atoms with Crippen molar-refractivity contribution in [1.82, 2.24) is 20.9 Å². The molecule has 4 rings (SSSR count). The van der Waals surface area contributed by atoms with Crippen LogP contribution >= 0.6 is 0 Å². The molecule has 0 saturated heterocycles. The van der Waals surface area contributed by atoms with Crippen molar-refractivity contribution in [3.05, 3.63) is 83.6 Å². The Labute approximate surface area is 344 Å². The Kier molecular flexibility index (Phi) is 17.1. The molecule has 60 heavy (non-hydrogen) atoms. The number of primary amides is 1. The van der Waals surface area contributed by atoms with Crippen molar-refractivity contribution in [2.75, 3.05) is 30.3 Å². The third-order valence-corrected chi connectivity index (χ3v) is 9.62. The number of anilines is 2. The standard InChI is InChI=1S/C41H47N7O12/c42-39(57)44-21-4-6-31(46-38(56)41(18-5-19-41)37(55)43-20-2-1-3-22-48-33(50)14-15-34(48)51)36(54)45-30-12-8-28(9-13-30)25-60-40(58)47-32-24-27(10-16-35(52)53)7-11-29(32)17-23-59-26-49/h7-17,23-24,26,31H,1-6,18-22,25H2,(H,43,55)(H,45,54)(H,46,56)(H,47,58)(H,52,53)(H3,42,44,57)/b16-10+,23-17+/t31-/m0/s1. The van der Waals surface area contributed by atoms with Crippen molar-refractivity contribution in [1.29, 1.82) is 0 Å². The molecule has 1 aliphatic carbocycles. The lowest BCUT2D eigenvalue weighted by molar-refractivity contribution is -0.151. The molecule has 0 unspecified atom stereocenters. The highest BCUT2D eigenvalue weighted by atomic mass is 16.5. The number of carbonyl (C=O) groups is 9. The van der Waals surface area contributed by atoms with Gasteiger partial charge in [0.1, 0.15) is 18.1 Å². The van der Waals surface area contributed by atoms with Crippen LogP contribution in [0.2, 0.25) is 0 Å². The van der Waals surface area contributed by atoms with Gasteiger partial charge < -0.3 is 41.6 Å². The number of imide groups is 1. The minimum Gasteiger partial charge on any atom is -0.478 e. The third-order valence-electron chi connectivity index (χ3n) is 9.62. The maximum atomic E-state index is 13.7. The first kappa shape index (κ1) is 45.4. The quantitative estimate of drug-likeness (QED) is 0.0213. The molecular weight excluding hydrogens is 782 g/mol. The van der Waals surface area contributed by atoms with E-state index in [4.69, 9.17) is 15.6 Å². The third kappa shape index (κ3) is 13.7. The number of nitrogens with two attached hydrogens (primary N) is 1. The summed E-state index contributed by atoms with van der Waals surface area (Å²) in [6, 6.07) is 9.17. The molecule has 8 amide bonds. The van der Waals surface area contributed by atoms with Crippen molar-refractivity contribution in [3.63, 3.8) is 0 Å². The molecular formula is C41H47N7O12. The highest BCUT2D eigenvalue weighted by Gasteiger charge is 2.51. The van der Waals surface area contributed by atoms with Crippen molar-refractivity contribution >= 4 is 77.6 Å². The minimum absolute atomic E-state index is 0.106. The van der Waals surface area contributed by atoms with Crippen molar-refractivity contribution in [2.45, 2.75) is 64.0 Å². The molecule has 1 saturated carbocycles. The molecule has 2 aromatic carbocycles. The predicted octanol–water partition coefficient (Wildman–Crippen LogP) is 2.93. The molecule has 0 bridgehead atoms. The summed E-state index contributed by atoms with van der Waals surface area (Å²) in [6.45, 7) is 0.736. The van der Waals surface area contributed by atoms with Crippen LogP contribution in [-0.4, -0.2) is 89.8 Å². The Morgan fingerprint density at radius 2 is 1.58 bits per heavy atom. The Morgan fingerprint density at radius 3 is 2.23 bits per heavy atom. The molecule has 19 heteroatoms. The SMILES string of the molecule is NC(=O)NCCC[C@H](NC(=O)C1(C(=O)NCCCCCN2C(=O)C=CC2=O)CCC1)C(=O)Nc1ccc(COC(=O)Nc2cc(/C=C/C(=O)O)ccc2/C=C/OC=O)cc1. The monoisotopic (exact) mass is 829 g/mol. The van der Waals surface area contributed by atoms with Crippen LogP contribution in [0.5, 0.6) is 0 Å². The summed E-state index contributed by atoms with van der Waals surface area (Å²) in [6.07, 6.45) is 9.74. The first-order chi connectivity index (χ1) is 28.8. The van der Waals surface area contributed by atoms with E-state index in [1.807, 2.05) is 0 Å². The van der Waals surface area contributed by atoms with E-state index in [2.05, 4.69) is 31.3 Å². The van der Waals surface area contributed by atoms with Crippen LogP contribution in [0.25, 0.3) is 12.2 Å². The van der Waals surface area contributed by atoms with Gasteiger partial charge in [-0.25, -0.2) is 14.4 Å². The van der Waals surface area contributed by atoms with Gasteiger partial charge in [0.25, 0.3) is 18.3 Å². The van der Waals surface area contributed by atoms with Gasteiger partial charge in [0.2, 0.25) is 17.7 Å². The van der Waals surface area contributed by atoms with Gasteiger partial charge >= 0.3 is 18.1 Å². The zero-order valence-electron chi connectivity index (χ0n) is 32.6. The number of aliphatic carboxylic acids is 1. The number of carboxylic acid groups (broad SMARTS) is 1. The maximum Gasteiger partial charge on any atom is 0.411 e. The first-order valence-electron chi connectivity index (χ1n) is 19.1. The number of carbonyl (C=O) groups excluding carboxylic acids is 8. The molecule has 1 heterocycles. The summed E-state index contributed by atoms with van der Waals surface area (Å²) in [7, 11) is 0. The number of nitrogens with one attached hydrogen (secondary N) is 5. The number of carboxylic acids is 1. The van der Waals surface area contributed by atoms with Crippen LogP contribution in [0.4, 0.5) is 21.0 Å². The summed E-state index contributed by atoms with van der Waals surface area (Å²) < 4.78 is 9.94. The number of hydrogen-bond donors (Lipinski definition) is 7. The van der Waals surface area contributed by atoms with E-state index in [-0.39, 0.29) is 63.1 Å². The molecule has 0 aromatic heterocycles. The lowest BCUT2D eigenvalue weighted by atomic mass is 9.67. The Balaban J connectivity index is 1.31. The average molecular weight is 830 g/mol. The number of rotatable bonds is 23. The predicted molar refractivity (Wildman–Crippen MR) is 216 cm³/mol. The van der Waals surface area contributed by atoms with E-state index < -0.39 is 47.3 Å². The molecule has 0 radical (unpaired) electrons. The number of nitrogens with zero attached hydrogens (tertiary/aromatic N) is 1. The van der Waals surface area contributed by atoms with Gasteiger partial charge in [-0.2, -0.15) is 0 Å². The van der Waals surface area contributed by atoms with E-state index in [0.29, 0.717) is 60.9 Å². The molecule has 19 nitrogen and oxygen atoms in total. The average Bonchev–Trinajstić information content (AvgIpc) is 3.51. The number of urea groups is 1. The van der Waals surface area contributed by atoms with Crippen LogP contribution < -0.4 is 32.3 Å². The zero-order valence-corrected chi connectivity index (χ0v) is 32.6. The molecule has 318 valence electrons. The summed E-state index contributed by atoms with van der Waals surface area (Å²) in [5, 5.41) is 22.3. The molecule has 0 spiro atoms. The fourth-order valence-corrected chi connectivity index (χ4v) is 6.22. The van der Waals surface area contributed by atoms with Gasteiger partial charge in [0.15, 0.2) is 0 Å². The maximum absolute atomic E-state index is 13.7. The highest BCUT2D eigenvalue weighted by molar-refractivity contribution is 6.13. The Bertz CT molecular complexity index is 2010. The van der Waals surface area contributed by atoms with E-state index in [9.17, 15) is 43.2 Å². The number of benzene rings is 2. The molecule has 1 aliphatic heterocycles. The van der Waals surface area contributed by atoms with Gasteiger partial charge in [0, 0.05) is 49.1 Å². The van der Waals surface area contributed by atoms with Gasteiger partial charge in [-0.1, -0.05) is 30.7 Å². The zero-order chi connectivity index (χ0) is 43.5. The molecule has 2 aromatic rings. The van der Waals surface area contributed by atoms with Crippen molar-refractivity contribution in [2.24, 2.45) is 11.1 Å². The van der Waals surface area contributed by atoms with Crippen LogP contribution in [-0.2, 0) is 49.6 Å². The first-order valence-corrected chi connectivity index (χ1v) is 19.1. The van der Waals surface area contributed by atoms with E-state index in [0.717, 1.165) is 17.2 Å². The molecule has 1 atom stereocenters. The Hall–Kier alpha value is -7.31. The smallest absolute Gasteiger partial charge is 0.411 e. The van der Waals surface area contributed by atoms with Gasteiger partial charge in [-0.3, -0.25) is 39.0 Å². The summed E-state index contributed by atoms with van der Waals surface area (Å²) >= 11 is 0.